The van der Waals surface area contributed by atoms with Crippen molar-refractivity contribution in [2.45, 2.75) is 50.4 Å². The van der Waals surface area contributed by atoms with Crippen LogP contribution in [-0.4, -0.2) is 87.1 Å². The Balaban J connectivity index is 1.02. The van der Waals surface area contributed by atoms with E-state index in [0.29, 0.717) is 61.7 Å². The molecule has 3 aromatic rings. The summed E-state index contributed by atoms with van der Waals surface area (Å²) in [4.78, 5) is 34.7. The van der Waals surface area contributed by atoms with Gasteiger partial charge in [0.1, 0.15) is 22.8 Å². The molecule has 1 amide bonds. The number of pyridine rings is 1. The molecule has 0 radical (unpaired) electrons. The van der Waals surface area contributed by atoms with Crippen LogP contribution in [0, 0.1) is 5.82 Å². The second-order valence-electron chi connectivity index (χ2n) is 10.8. The van der Waals surface area contributed by atoms with Crippen LogP contribution in [0.4, 0.5) is 4.39 Å². The van der Waals surface area contributed by atoms with Crippen molar-refractivity contribution >= 4 is 11.9 Å². The molecule has 2 saturated heterocycles. The van der Waals surface area contributed by atoms with Gasteiger partial charge >= 0.3 is 5.97 Å². The number of fused-ring (bicyclic) bond motifs is 3. The van der Waals surface area contributed by atoms with Crippen molar-refractivity contribution in [3.63, 3.8) is 0 Å². The maximum atomic E-state index is 15.5. The lowest BCUT2D eigenvalue weighted by Gasteiger charge is -2.46. The molecule has 0 saturated carbocycles. The number of carbonyl (C=O) groups is 2. The van der Waals surface area contributed by atoms with Crippen LogP contribution >= 0.6 is 0 Å². The zero-order valence-corrected chi connectivity index (χ0v) is 21.5. The van der Waals surface area contributed by atoms with Crippen LogP contribution in [0.15, 0.2) is 30.6 Å². The Hall–Kier alpha value is -3.77. The minimum Gasteiger partial charge on any atom is -0.459 e. The van der Waals surface area contributed by atoms with E-state index >= 15 is 4.39 Å². The molecule has 2 fully saturated rings. The van der Waals surface area contributed by atoms with Crippen molar-refractivity contribution in [2.75, 3.05) is 32.8 Å². The number of morpholine rings is 1. The average Bonchev–Trinajstić information content (AvgIpc) is 3.63. The Morgan fingerprint density at radius 1 is 1.18 bits per heavy atom. The van der Waals surface area contributed by atoms with Gasteiger partial charge in [-0.25, -0.2) is 9.18 Å². The number of hydrogen-bond acceptors (Lipinski definition) is 8. The van der Waals surface area contributed by atoms with Gasteiger partial charge in [0.05, 0.1) is 30.2 Å². The molecule has 12 heteroatoms. The predicted molar refractivity (Wildman–Crippen MR) is 132 cm³/mol. The van der Waals surface area contributed by atoms with Gasteiger partial charge in [0.2, 0.25) is 5.91 Å². The van der Waals surface area contributed by atoms with Gasteiger partial charge < -0.3 is 14.4 Å². The number of amides is 1. The Kier molecular flexibility index (Phi) is 5.89. The van der Waals surface area contributed by atoms with Crippen LogP contribution in [0.1, 0.15) is 58.1 Å². The van der Waals surface area contributed by atoms with E-state index in [2.05, 4.69) is 20.4 Å². The highest BCUT2D eigenvalue weighted by Crippen LogP contribution is 2.36. The highest BCUT2D eigenvalue weighted by Gasteiger charge is 2.40. The monoisotopic (exact) mass is 534 g/mol. The van der Waals surface area contributed by atoms with Gasteiger partial charge in [-0.3, -0.25) is 9.69 Å². The number of aromatic amines is 1. The lowest BCUT2D eigenvalue weighted by atomic mass is 9.93. The van der Waals surface area contributed by atoms with E-state index in [-0.39, 0.29) is 29.8 Å². The van der Waals surface area contributed by atoms with E-state index in [1.54, 1.807) is 30.1 Å². The summed E-state index contributed by atoms with van der Waals surface area (Å²) in [6, 6.07) is 7.21. The third-order valence-corrected chi connectivity index (χ3v) is 8.41. The molecule has 1 aliphatic carbocycles. The number of piperazine rings is 1. The molecule has 1 unspecified atom stereocenters. The summed E-state index contributed by atoms with van der Waals surface area (Å²) in [7, 11) is 0. The first-order valence-electron chi connectivity index (χ1n) is 13.4. The fraction of sp³-hybridized carbons (Fsp3) is 0.481. The van der Waals surface area contributed by atoms with E-state index in [4.69, 9.17) is 14.5 Å². The first kappa shape index (κ1) is 24.3. The van der Waals surface area contributed by atoms with E-state index in [0.717, 1.165) is 24.1 Å². The number of halogens is 1. The summed E-state index contributed by atoms with van der Waals surface area (Å²) in [6.07, 6.45) is 2.62. The Morgan fingerprint density at radius 3 is 2.90 bits per heavy atom. The Morgan fingerprint density at radius 2 is 2.05 bits per heavy atom. The van der Waals surface area contributed by atoms with Gasteiger partial charge in [-0.15, -0.1) is 9.67 Å². The number of aromatic nitrogens is 5. The molecule has 7 rings (SSSR count). The molecule has 202 valence electrons. The summed E-state index contributed by atoms with van der Waals surface area (Å²) < 4.78 is 28.5. The number of esters is 1. The standard InChI is InChI=1S/C27H28FN7O4/c1-15-10-21-19(27(37)39-15)2-3-20(25(21)28)23-12-33-8-9-34(11-16(33)13-38-23)26(36)18-4-6-22-17(18)5-7-24(30-22)35-14-29-31-32-35/h2-3,5,7,14-16,18,23H,4,6,8-13H2,1H3/p+1/t15-,16+,18?,23-/m0/s1. The number of nitrogens with one attached hydrogen (secondary N) is 1. The average molecular weight is 535 g/mol. The second kappa shape index (κ2) is 9.45. The third kappa shape index (κ3) is 4.18. The van der Waals surface area contributed by atoms with E-state index in [1.807, 2.05) is 17.0 Å². The quantitative estimate of drug-likeness (QED) is 0.391. The third-order valence-electron chi connectivity index (χ3n) is 8.41. The topological polar surface area (TPSA) is 117 Å². The number of aryl methyl sites for hydroxylation is 1. The number of carbonyl (C=O) groups excluding carboxylic acids is 2. The molecule has 3 aliphatic heterocycles. The molecule has 0 spiro atoms. The molecule has 5 heterocycles. The number of tetrazole rings is 1. The zero-order chi connectivity index (χ0) is 26.7. The lowest BCUT2D eigenvalue weighted by Crippen LogP contribution is -2.60. The van der Waals surface area contributed by atoms with Crippen molar-refractivity contribution in [3.8, 4) is 5.82 Å². The zero-order valence-electron chi connectivity index (χ0n) is 21.5. The Labute approximate surface area is 223 Å². The van der Waals surface area contributed by atoms with Gasteiger partial charge in [0.25, 0.3) is 12.1 Å². The number of ether oxygens (including phenoxy) is 2. The normalized spacial score (nSPS) is 26.5. The number of H-pyrrole nitrogens is 1. The number of rotatable bonds is 3. The van der Waals surface area contributed by atoms with E-state index in [9.17, 15) is 9.59 Å². The lowest BCUT2D eigenvalue weighted by molar-refractivity contribution is -0.664. The molecule has 0 bridgehead atoms. The second-order valence-corrected chi connectivity index (χ2v) is 10.8. The summed E-state index contributed by atoms with van der Waals surface area (Å²) in [5.74, 6) is -0.224. The van der Waals surface area contributed by atoms with Crippen LogP contribution in [0.3, 0.4) is 0 Å². The molecule has 11 nitrogen and oxygen atoms in total. The molecule has 1 aromatic carbocycles. The molecular formula is C27H29FN7O4+. The number of hydrogen-bond donors (Lipinski definition) is 1. The van der Waals surface area contributed by atoms with Crippen molar-refractivity contribution in [2.24, 2.45) is 0 Å². The van der Waals surface area contributed by atoms with E-state index < -0.39 is 12.1 Å². The van der Waals surface area contributed by atoms with Gasteiger partial charge in [-0.05, 0) is 31.0 Å². The number of cyclic esters (lactones) is 1. The fourth-order valence-electron chi connectivity index (χ4n) is 6.38. The number of benzene rings is 1. The van der Waals surface area contributed by atoms with Crippen molar-refractivity contribution in [1.82, 2.24) is 30.3 Å². The maximum Gasteiger partial charge on any atom is 0.338 e. The largest absolute Gasteiger partial charge is 0.459 e. The van der Waals surface area contributed by atoms with Crippen LogP contribution < -0.4 is 4.68 Å². The van der Waals surface area contributed by atoms with Gasteiger partial charge in [0.15, 0.2) is 0 Å². The van der Waals surface area contributed by atoms with Crippen LogP contribution in [-0.2, 0) is 27.1 Å². The molecular weight excluding hydrogens is 505 g/mol. The first-order chi connectivity index (χ1) is 19.0. The summed E-state index contributed by atoms with van der Waals surface area (Å²) in [5.41, 5.74) is 3.11. The van der Waals surface area contributed by atoms with Crippen LogP contribution in [0.2, 0.25) is 0 Å². The molecule has 2 aromatic heterocycles. The van der Waals surface area contributed by atoms with Crippen molar-refractivity contribution in [3.05, 3.63) is 64.4 Å². The first-order valence-corrected chi connectivity index (χ1v) is 13.4. The molecule has 1 N–H and O–H groups in total. The minimum absolute atomic E-state index is 0.0558. The fourth-order valence-corrected chi connectivity index (χ4v) is 6.38. The Bertz CT molecular complexity index is 1450. The van der Waals surface area contributed by atoms with Crippen molar-refractivity contribution in [1.29, 1.82) is 0 Å². The SMILES string of the molecule is C[C@H]1Cc2c(ccc([C@@H]3CN4CCN(C(=O)C5CCc6nc(-[n+]7cnn[nH]7)ccc65)C[C@@H]4CO3)c2F)C(=O)O1. The molecule has 4 atom stereocenters. The smallest absolute Gasteiger partial charge is 0.338 e. The summed E-state index contributed by atoms with van der Waals surface area (Å²) in [6.45, 7) is 4.62. The van der Waals surface area contributed by atoms with Gasteiger partial charge in [0, 0.05) is 61.3 Å². The molecule has 4 aliphatic rings. The minimum atomic E-state index is -0.477. The highest BCUT2D eigenvalue weighted by molar-refractivity contribution is 5.92. The highest BCUT2D eigenvalue weighted by atomic mass is 19.1. The maximum absolute atomic E-state index is 15.5. The summed E-state index contributed by atoms with van der Waals surface area (Å²) >= 11 is 0. The molecule has 39 heavy (non-hydrogen) atoms. The number of nitrogens with zero attached hydrogens (tertiary/aromatic N) is 6. The van der Waals surface area contributed by atoms with Crippen molar-refractivity contribution < 1.29 is 28.1 Å². The van der Waals surface area contributed by atoms with E-state index in [1.165, 1.54) is 0 Å². The van der Waals surface area contributed by atoms with Gasteiger partial charge in [-0.2, -0.15) is 0 Å². The van der Waals surface area contributed by atoms with Gasteiger partial charge in [-0.1, -0.05) is 11.3 Å². The predicted octanol–water partition coefficient (Wildman–Crippen LogP) is 1.03. The summed E-state index contributed by atoms with van der Waals surface area (Å²) in [5, 5.41) is 10.3. The van der Waals surface area contributed by atoms with Crippen LogP contribution in [0.5, 0.6) is 0 Å². The van der Waals surface area contributed by atoms with Crippen LogP contribution in [0.25, 0.3) is 5.82 Å².